The Bertz CT molecular complexity index is 1650. The fourth-order valence-electron chi connectivity index (χ4n) is 5.44. The van der Waals surface area contributed by atoms with Crippen LogP contribution in [-0.2, 0) is 16.4 Å². The number of sulfonamides is 1. The normalized spacial score (nSPS) is 17.1. The van der Waals surface area contributed by atoms with Gasteiger partial charge in [-0.1, -0.05) is 25.1 Å². The number of benzene rings is 2. The Balaban J connectivity index is 1.67. The Kier molecular flexibility index (Phi) is 7.57. The van der Waals surface area contributed by atoms with Crippen molar-refractivity contribution >= 4 is 38.7 Å². The fourth-order valence-corrected chi connectivity index (χ4v) is 6.34. The molecule has 0 saturated carbocycles. The average molecular weight is 576 g/mol. The maximum absolute atomic E-state index is 12.1. The van der Waals surface area contributed by atoms with Gasteiger partial charge in [-0.3, -0.25) is 9.71 Å². The number of aryl methyl sites for hydroxylation is 2. The van der Waals surface area contributed by atoms with Crippen molar-refractivity contribution in [3.8, 4) is 11.4 Å². The van der Waals surface area contributed by atoms with Crippen molar-refractivity contribution in [2.24, 2.45) is 0 Å². The summed E-state index contributed by atoms with van der Waals surface area (Å²) in [6.07, 6.45) is 3.88. The Morgan fingerprint density at radius 3 is 2.40 bits per heavy atom. The first kappa shape index (κ1) is 27.7. The molecule has 5 rings (SSSR count). The number of thiocarbonyl (C=S) groups is 1. The van der Waals surface area contributed by atoms with E-state index in [0.717, 1.165) is 46.7 Å². The van der Waals surface area contributed by atoms with E-state index in [2.05, 4.69) is 70.7 Å². The predicted molar refractivity (Wildman–Crippen MR) is 164 cm³/mol. The highest BCUT2D eigenvalue weighted by molar-refractivity contribution is 7.92. The van der Waals surface area contributed by atoms with Gasteiger partial charge >= 0.3 is 0 Å². The lowest BCUT2D eigenvalue weighted by atomic mass is 9.96. The number of methoxy groups -OCH3 is 1. The van der Waals surface area contributed by atoms with E-state index >= 15 is 0 Å². The number of nitrogens with one attached hydrogen (secondary N) is 2. The quantitative estimate of drug-likeness (QED) is 0.264. The first-order valence-corrected chi connectivity index (χ1v) is 15.4. The van der Waals surface area contributed by atoms with E-state index in [9.17, 15) is 8.42 Å². The van der Waals surface area contributed by atoms with Gasteiger partial charge in [0.25, 0.3) is 0 Å². The minimum absolute atomic E-state index is 0.237. The SMILES string of the molecule is CCc1ccc(-n2c(C)cc([C@@H]3[C@@H](c4ccccn4)NC(=S)N3c3ccc(OC)c(NS(C)(=O)=O)c3)c2C)cc1. The molecule has 2 aromatic heterocycles. The van der Waals surface area contributed by atoms with Crippen LogP contribution in [-0.4, -0.2) is 36.4 Å². The van der Waals surface area contributed by atoms with Gasteiger partial charge in [-0.05, 0) is 92.1 Å². The topological polar surface area (TPSA) is 88.5 Å². The van der Waals surface area contributed by atoms with Gasteiger partial charge < -0.3 is 19.5 Å². The monoisotopic (exact) mass is 575 g/mol. The number of pyridine rings is 1. The maximum Gasteiger partial charge on any atom is 0.229 e. The average Bonchev–Trinajstić information content (AvgIpc) is 3.43. The van der Waals surface area contributed by atoms with Gasteiger partial charge in [0.15, 0.2) is 5.11 Å². The molecule has 0 aliphatic carbocycles. The number of nitrogens with zero attached hydrogens (tertiary/aromatic N) is 3. The molecule has 4 aromatic rings. The summed E-state index contributed by atoms with van der Waals surface area (Å²) in [5.74, 6) is 0.416. The van der Waals surface area contributed by atoms with Crippen LogP contribution in [0.15, 0.2) is 72.9 Å². The summed E-state index contributed by atoms with van der Waals surface area (Å²) < 4.78 is 34.5. The van der Waals surface area contributed by atoms with E-state index in [1.807, 2.05) is 29.2 Å². The van der Waals surface area contributed by atoms with E-state index in [-0.39, 0.29) is 12.1 Å². The van der Waals surface area contributed by atoms with Crippen molar-refractivity contribution in [1.82, 2.24) is 14.9 Å². The van der Waals surface area contributed by atoms with E-state index in [4.69, 9.17) is 17.0 Å². The second-order valence-electron chi connectivity index (χ2n) is 9.94. The van der Waals surface area contributed by atoms with Crippen LogP contribution in [0.4, 0.5) is 11.4 Å². The molecule has 10 heteroatoms. The Morgan fingerprint density at radius 2 is 1.77 bits per heavy atom. The lowest BCUT2D eigenvalue weighted by Gasteiger charge is -2.29. The van der Waals surface area contributed by atoms with Crippen molar-refractivity contribution < 1.29 is 13.2 Å². The largest absolute Gasteiger partial charge is 0.495 e. The molecule has 1 saturated heterocycles. The summed E-state index contributed by atoms with van der Waals surface area (Å²) in [5, 5.41) is 4.01. The first-order valence-electron chi connectivity index (χ1n) is 13.1. The van der Waals surface area contributed by atoms with Crippen LogP contribution in [0.25, 0.3) is 5.69 Å². The van der Waals surface area contributed by atoms with Crippen LogP contribution in [0, 0.1) is 13.8 Å². The highest BCUT2D eigenvalue weighted by Crippen LogP contribution is 2.45. The van der Waals surface area contributed by atoms with E-state index in [0.29, 0.717) is 16.5 Å². The summed E-state index contributed by atoms with van der Waals surface area (Å²) in [6.45, 7) is 6.37. The smallest absolute Gasteiger partial charge is 0.229 e. The van der Waals surface area contributed by atoms with E-state index in [1.165, 1.54) is 12.7 Å². The molecule has 40 heavy (non-hydrogen) atoms. The summed E-state index contributed by atoms with van der Waals surface area (Å²) in [7, 11) is -2.03. The van der Waals surface area contributed by atoms with Gasteiger partial charge in [-0.25, -0.2) is 8.42 Å². The third kappa shape index (κ3) is 5.29. The zero-order valence-corrected chi connectivity index (χ0v) is 24.8. The molecule has 1 aliphatic rings. The molecule has 2 N–H and O–H groups in total. The molecule has 2 aromatic carbocycles. The molecule has 8 nitrogen and oxygen atoms in total. The molecule has 1 aliphatic heterocycles. The molecule has 3 heterocycles. The summed E-state index contributed by atoms with van der Waals surface area (Å²) >= 11 is 5.91. The zero-order valence-electron chi connectivity index (χ0n) is 23.2. The van der Waals surface area contributed by atoms with Gasteiger partial charge in [0.2, 0.25) is 10.0 Å². The number of hydrogen-bond donors (Lipinski definition) is 2. The number of anilines is 2. The summed E-state index contributed by atoms with van der Waals surface area (Å²) in [6, 6.07) is 21.6. The van der Waals surface area contributed by atoms with Crippen LogP contribution in [0.2, 0.25) is 0 Å². The zero-order chi connectivity index (χ0) is 28.6. The molecule has 0 radical (unpaired) electrons. The molecule has 2 atom stereocenters. The first-order chi connectivity index (χ1) is 19.1. The van der Waals surface area contributed by atoms with Crippen LogP contribution >= 0.6 is 12.2 Å². The highest BCUT2D eigenvalue weighted by Gasteiger charge is 2.42. The van der Waals surface area contributed by atoms with Crippen molar-refractivity contribution in [3.05, 3.63) is 101 Å². The fraction of sp³-hybridized carbons (Fsp3) is 0.267. The third-order valence-electron chi connectivity index (χ3n) is 7.25. The van der Waals surface area contributed by atoms with Crippen LogP contribution in [0.3, 0.4) is 0 Å². The summed E-state index contributed by atoms with van der Waals surface area (Å²) in [4.78, 5) is 6.70. The number of aromatic nitrogens is 2. The molecular formula is C30H33N5O3S2. The Hall–Kier alpha value is -3.89. The van der Waals surface area contributed by atoms with Crippen molar-refractivity contribution in [1.29, 1.82) is 0 Å². The molecule has 1 fully saturated rings. The van der Waals surface area contributed by atoms with Gasteiger partial charge in [0.1, 0.15) is 5.75 Å². The molecule has 0 unspecified atom stereocenters. The number of ether oxygens (including phenoxy) is 1. The minimum Gasteiger partial charge on any atom is -0.495 e. The van der Waals surface area contributed by atoms with Crippen molar-refractivity contribution in [2.75, 3.05) is 23.0 Å². The molecule has 0 spiro atoms. The van der Waals surface area contributed by atoms with E-state index in [1.54, 1.807) is 18.3 Å². The second-order valence-corrected chi connectivity index (χ2v) is 12.1. The van der Waals surface area contributed by atoms with Crippen molar-refractivity contribution in [2.45, 2.75) is 39.3 Å². The highest BCUT2D eigenvalue weighted by atomic mass is 32.2. The van der Waals surface area contributed by atoms with Crippen LogP contribution < -0.4 is 19.7 Å². The van der Waals surface area contributed by atoms with Crippen LogP contribution in [0.1, 0.15) is 47.2 Å². The lowest BCUT2D eigenvalue weighted by Crippen LogP contribution is -2.29. The molecule has 0 bridgehead atoms. The molecule has 0 amide bonds. The van der Waals surface area contributed by atoms with E-state index < -0.39 is 10.0 Å². The number of hydrogen-bond acceptors (Lipinski definition) is 5. The van der Waals surface area contributed by atoms with Gasteiger partial charge in [0.05, 0.1) is 36.8 Å². The standard InChI is InChI=1S/C30H33N5O3S2/c1-6-21-10-12-22(13-11-21)34-19(2)17-24(20(34)3)29-28(25-9-7-8-16-31-25)32-30(39)35(29)23-14-15-27(38-4)26(18-23)33-40(5,36)37/h7-18,28-29,33H,6H2,1-5H3,(H,32,39)/t28-,29-/m1/s1. The number of rotatable bonds is 8. The third-order valence-corrected chi connectivity index (χ3v) is 8.15. The summed E-state index contributed by atoms with van der Waals surface area (Å²) in [5.41, 5.74) is 7.59. The van der Waals surface area contributed by atoms with Gasteiger partial charge in [-0.15, -0.1) is 0 Å². The Labute approximate surface area is 241 Å². The van der Waals surface area contributed by atoms with Gasteiger partial charge in [0, 0.05) is 29.0 Å². The maximum atomic E-state index is 12.1. The molecule has 208 valence electrons. The predicted octanol–water partition coefficient (Wildman–Crippen LogP) is 5.61. The van der Waals surface area contributed by atoms with Gasteiger partial charge in [-0.2, -0.15) is 0 Å². The minimum atomic E-state index is -3.54. The Morgan fingerprint density at radius 1 is 1.05 bits per heavy atom. The second kappa shape index (κ2) is 10.9. The lowest BCUT2D eigenvalue weighted by molar-refractivity contribution is 0.417. The van der Waals surface area contributed by atoms with Crippen LogP contribution in [0.5, 0.6) is 5.75 Å². The van der Waals surface area contributed by atoms with Crippen molar-refractivity contribution in [3.63, 3.8) is 0 Å². The molecular weight excluding hydrogens is 542 g/mol.